The van der Waals surface area contributed by atoms with Gasteiger partial charge in [-0.3, -0.25) is 4.79 Å². The summed E-state index contributed by atoms with van der Waals surface area (Å²) in [6.45, 7) is 4.49. The molecule has 0 spiro atoms. The fourth-order valence-corrected chi connectivity index (χ4v) is 4.50. The molecule has 0 radical (unpaired) electrons. The maximum Gasteiger partial charge on any atom is 0.225 e. The number of carbonyl (C=O) groups excluding carboxylic acids is 1. The average Bonchev–Trinajstić information content (AvgIpc) is 3.33. The number of anilines is 1. The summed E-state index contributed by atoms with van der Waals surface area (Å²) in [7, 11) is 0. The molecule has 1 N–H and O–H groups in total. The van der Waals surface area contributed by atoms with Crippen molar-refractivity contribution in [3.8, 4) is 17.0 Å². The van der Waals surface area contributed by atoms with Crippen LogP contribution >= 0.6 is 0 Å². The van der Waals surface area contributed by atoms with Gasteiger partial charge in [0.15, 0.2) is 5.82 Å². The monoisotopic (exact) mass is 473 g/mol. The Hall–Kier alpha value is -3.94. The van der Waals surface area contributed by atoms with Crippen LogP contribution in [0.5, 0.6) is 5.75 Å². The third-order valence-electron chi connectivity index (χ3n) is 6.30. The maximum absolute atomic E-state index is 13.3. The quantitative estimate of drug-likeness (QED) is 0.429. The fourth-order valence-electron chi connectivity index (χ4n) is 4.50. The predicted octanol–water partition coefficient (Wildman–Crippen LogP) is 4.47. The number of amides is 1. The van der Waals surface area contributed by atoms with E-state index in [1.54, 1.807) is 29.0 Å². The number of hydrogen-bond acceptors (Lipinski definition) is 5. The fraction of sp³-hybridized carbons (Fsp3) is 0.296. The summed E-state index contributed by atoms with van der Waals surface area (Å²) in [4.78, 5) is 19.8. The van der Waals surface area contributed by atoms with Crippen molar-refractivity contribution in [2.75, 3.05) is 24.6 Å². The third-order valence-corrected chi connectivity index (χ3v) is 6.30. The number of fused-ring (bicyclic) bond motifs is 1. The Morgan fingerprint density at radius 1 is 1.17 bits per heavy atom. The van der Waals surface area contributed by atoms with Gasteiger partial charge in [0.2, 0.25) is 5.91 Å². The molecule has 4 aromatic rings. The molecule has 1 saturated heterocycles. The van der Waals surface area contributed by atoms with Gasteiger partial charge in [-0.25, -0.2) is 13.9 Å². The SMILES string of the molecule is CCOc1ccc(CNC(=O)C2CCCN(c3nccn4nc(-c5ccc(F)cc5)cc34)C2)cc1. The molecule has 0 aliphatic carbocycles. The lowest BCUT2D eigenvalue weighted by molar-refractivity contribution is -0.125. The maximum atomic E-state index is 13.3. The summed E-state index contributed by atoms with van der Waals surface area (Å²) in [5.74, 6) is 1.29. The van der Waals surface area contributed by atoms with Gasteiger partial charge in [-0.2, -0.15) is 5.10 Å². The molecule has 2 aromatic carbocycles. The first-order valence-corrected chi connectivity index (χ1v) is 12.0. The van der Waals surface area contributed by atoms with Crippen molar-refractivity contribution in [3.63, 3.8) is 0 Å². The van der Waals surface area contributed by atoms with Gasteiger partial charge in [0.05, 0.1) is 18.2 Å². The number of nitrogens with zero attached hydrogens (tertiary/aromatic N) is 4. The van der Waals surface area contributed by atoms with Crippen LogP contribution in [0.1, 0.15) is 25.3 Å². The highest BCUT2D eigenvalue weighted by Gasteiger charge is 2.27. The highest BCUT2D eigenvalue weighted by Crippen LogP contribution is 2.28. The minimum absolute atomic E-state index is 0.0519. The number of piperidine rings is 1. The zero-order chi connectivity index (χ0) is 24.2. The Morgan fingerprint density at radius 3 is 2.74 bits per heavy atom. The summed E-state index contributed by atoms with van der Waals surface area (Å²) in [6.07, 6.45) is 5.27. The molecule has 3 heterocycles. The van der Waals surface area contributed by atoms with Crippen LogP contribution < -0.4 is 15.0 Å². The van der Waals surface area contributed by atoms with Crippen LogP contribution in [0.15, 0.2) is 67.0 Å². The molecule has 2 aromatic heterocycles. The normalized spacial score (nSPS) is 15.8. The van der Waals surface area contributed by atoms with E-state index in [1.165, 1.54) is 12.1 Å². The molecular formula is C27H28FN5O2. The van der Waals surface area contributed by atoms with Crippen molar-refractivity contribution in [1.82, 2.24) is 19.9 Å². The molecule has 0 bridgehead atoms. The smallest absolute Gasteiger partial charge is 0.225 e. The number of ether oxygens (including phenoxy) is 1. The van der Waals surface area contributed by atoms with Gasteiger partial charge >= 0.3 is 0 Å². The number of nitrogens with one attached hydrogen (secondary N) is 1. The van der Waals surface area contributed by atoms with Gasteiger partial charge in [-0.05, 0) is 67.8 Å². The van der Waals surface area contributed by atoms with Crippen molar-refractivity contribution < 1.29 is 13.9 Å². The Balaban J connectivity index is 1.28. The molecule has 1 amide bonds. The standard InChI is InChI=1S/C27H28FN5O2/c1-2-35-23-11-5-19(6-12-23)17-30-27(34)21-4-3-14-32(18-21)26-25-16-24(31-33(25)15-13-29-26)20-7-9-22(28)10-8-20/h5-13,15-16,21H,2-4,14,17-18H2,1H3,(H,30,34). The van der Waals surface area contributed by atoms with Gasteiger partial charge in [0, 0.05) is 37.6 Å². The van der Waals surface area contributed by atoms with Crippen molar-refractivity contribution in [2.24, 2.45) is 5.92 Å². The lowest BCUT2D eigenvalue weighted by Gasteiger charge is -2.33. The Labute approximate surface area is 203 Å². The molecule has 1 unspecified atom stereocenters. The molecule has 5 rings (SSSR count). The molecule has 1 aliphatic heterocycles. The number of carbonyl (C=O) groups is 1. The molecular weight excluding hydrogens is 445 g/mol. The predicted molar refractivity (Wildman–Crippen MR) is 133 cm³/mol. The van der Waals surface area contributed by atoms with Crippen LogP contribution in [0.3, 0.4) is 0 Å². The zero-order valence-electron chi connectivity index (χ0n) is 19.7. The molecule has 35 heavy (non-hydrogen) atoms. The van der Waals surface area contributed by atoms with E-state index in [0.29, 0.717) is 19.7 Å². The van der Waals surface area contributed by atoms with Crippen molar-refractivity contribution >= 4 is 17.2 Å². The number of hydrogen-bond donors (Lipinski definition) is 1. The summed E-state index contributed by atoms with van der Waals surface area (Å²) < 4.78 is 20.6. The summed E-state index contributed by atoms with van der Waals surface area (Å²) in [5, 5.41) is 7.73. The first-order valence-electron chi connectivity index (χ1n) is 12.0. The molecule has 180 valence electrons. The number of benzene rings is 2. The van der Waals surface area contributed by atoms with E-state index in [1.807, 2.05) is 37.3 Å². The third kappa shape index (κ3) is 5.11. The van der Waals surface area contributed by atoms with Crippen LogP contribution in [0.25, 0.3) is 16.8 Å². The second-order valence-corrected chi connectivity index (χ2v) is 8.70. The molecule has 0 saturated carbocycles. The topological polar surface area (TPSA) is 71.8 Å². The van der Waals surface area contributed by atoms with Gasteiger partial charge < -0.3 is 15.0 Å². The van der Waals surface area contributed by atoms with Crippen molar-refractivity contribution in [2.45, 2.75) is 26.3 Å². The first-order chi connectivity index (χ1) is 17.1. The van der Waals surface area contributed by atoms with Crippen molar-refractivity contribution in [3.05, 3.63) is 78.4 Å². The van der Waals surface area contributed by atoms with Gasteiger partial charge in [-0.15, -0.1) is 0 Å². The zero-order valence-corrected chi connectivity index (χ0v) is 19.7. The second kappa shape index (κ2) is 10.1. The second-order valence-electron chi connectivity index (χ2n) is 8.70. The number of rotatable bonds is 7. The average molecular weight is 474 g/mol. The van der Waals surface area contributed by atoms with E-state index in [0.717, 1.165) is 53.3 Å². The Bertz CT molecular complexity index is 1300. The molecule has 1 fully saturated rings. The van der Waals surface area contributed by atoms with E-state index in [4.69, 9.17) is 4.74 Å². The highest BCUT2D eigenvalue weighted by molar-refractivity contribution is 5.81. The van der Waals surface area contributed by atoms with E-state index in [9.17, 15) is 9.18 Å². The van der Waals surface area contributed by atoms with Gasteiger partial charge in [0.25, 0.3) is 0 Å². The van der Waals surface area contributed by atoms with Crippen LogP contribution in [0.4, 0.5) is 10.2 Å². The van der Waals surface area contributed by atoms with Crippen LogP contribution in [0.2, 0.25) is 0 Å². The molecule has 8 heteroatoms. The summed E-state index contributed by atoms with van der Waals surface area (Å²) in [5.41, 5.74) is 3.49. The lowest BCUT2D eigenvalue weighted by atomic mass is 9.97. The van der Waals surface area contributed by atoms with Crippen LogP contribution in [-0.2, 0) is 11.3 Å². The van der Waals surface area contributed by atoms with E-state index in [-0.39, 0.29) is 17.6 Å². The van der Waals surface area contributed by atoms with E-state index < -0.39 is 0 Å². The van der Waals surface area contributed by atoms with Gasteiger partial charge in [-0.1, -0.05) is 12.1 Å². The number of halogens is 1. The Morgan fingerprint density at radius 2 is 1.97 bits per heavy atom. The minimum atomic E-state index is -0.278. The molecule has 1 atom stereocenters. The summed E-state index contributed by atoms with van der Waals surface area (Å²) >= 11 is 0. The van der Waals surface area contributed by atoms with Crippen molar-refractivity contribution in [1.29, 1.82) is 0 Å². The largest absolute Gasteiger partial charge is 0.494 e. The number of aromatic nitrogens is 3. The first kappa shape index (κ1) is 22.8. The van der Waals surface area contributed by atoms with E-state index in [2.05, 4.69) is 20.3 Å². The molecule has 7 nitrogen and oxygen atoms in total. The van der Waals surface area contributed by atoms with E-state index >= 15 is 0 Å². The summed E-state index contributed by atoms with van der Waals surface area (Å²) in [6, 6.07) is 16.1. The highest BCUT2D eigenvalue weighted by atomic mass is 19.1. The van der Waals surface area contributed by atoms with Gasteiger partial charge in [0.1, 0.15) is 17.1 Å². The lowest BCUT2D eigenvalue weighted by Crippen LogP contribution is -2.43. The Kier molecular flexibility index (Phi) is 6.61. The molecule has 1 aliphatic rings. The van der Waals surface area contributed by atoms with Crippen LogP contribution in [-0.4, -0.2) is 40.2 Å². The van der Waals surface area contributed by atoms with Crippen LogP contribution in [0, 0.1) is 11.7 Å². The minimum Gasteiger partial charge on any atom is -0.494 e.